The van der Waals surface area contributed by atoms with Crippen LogP contribution in [-0.2, 0) is 0 Å². The zero-order valence-electron chi connectivity index (χ0n) is 15.8. The van der Waals surface area contributed by atoms with Gasteiger partial charge in [0.05, 0.1) is 28.6 Å². The van der Waals surface area contributed by atoms with Crippen molar-refractivity contribution >= 4 is 22.6 Å². The number of nitrogens with zero attached hydrogens (tertiary/aromatic N) is 3. The predicted molar refractivity (Wildman–Crippen MR) is 108 cm³/mol. The molecular formula is C21H21N5O2. The smallest absolute Gasteiger partial charge is 0.315 e. The van der Waals surface area contributed by atoms with Gasteiger partial charge in [-0.1, -0.05) is 25.1 Å². The Hall–Kier alpha value is -3.66. The van der Waals surface area contributed by atoms with Crippen LogP contribution in [0.25, 0.3) is 10.9 Å². The molecule has 3 rings (SSSR count). The molecule has 1 atom stereocenters. The van der Waals surface area contributed by atoms with Crippen molar-refractivity contribution in [2.45, 2.75) is 26.3 Å². The lowest BCUT2D eigenvalue weighted by atomic mass is 10.1. The predicted octanol–water partition coefficient (Wildman–Crippen LogP) is 3.80. The molecule has 0 aliphatic rings. The Kier molecular flexibility index (Phi) is 5.70. The Balaban J connectivity index is 1.92. The highest BCUT2D eigenvalue weighted by Crippen LogP contribution is 2.23. The second kappa shape index (κ2) is 8.35. The van der Waals surface area contributed by atoms with Crippen molar-refractivity contribution in [2.75, 3.05) is 11.9 Å². The number of para-hydroxylation sites is 1. The molecule has 1 unspecified atom stereocenters. The molecule has 0 saturated heterocycles. The SMILES string of the molecule is CCC(c1nc2ccccc2c(=O)[nH]1)N(CC)C(=O)Nc1cccc(C#N)c1. The minimum Gasteiger partial charge on any atom is -0.315 e. The molecule has 2 aromatic carbocycles. The molecule has 0 bridgehead atoms. The topological polar surface area (TPSA) is 102 Å². The van der Waals surface area contributed by atoms with Gasteiger partial charge in [0, 0.05) is 12.2 Å². The largest absolute Gasteiger partial charge is 0.322 e. The molecule has 1 aromatic heterocycles. The van der Waals surface area contributed by atoms with Crippen molar-refractivity contribution < 1.29 is 4.79 Å². The fourth-order valence-corrected chi connectivity index (χ4v) is 3.19. The van der Waals surface area contributed by atoms with Gasteiger partial charge in [-0.2, -0.15) is 5.26 Å². The second-order valence-corrected chi connectivity index (χ2v) is 6.30. The lowest BCUT2D eigenvalue weighted by molar-refractivity contribution is 0.186. The van der Waals surface area contributed by atoms with Crippen LogP contribution in [0.5, 0.6) is 0 Å². The van der Waals surface area contributed by atoms with Crippen LogP contribution in [0.1, 0.15) is 37.7 Å². The number of nitriles is 1. The fraction of sp³-hybridized carbons (Fsp3) is 0.238. The summed E-state index contributed by atoms with van der Waals surface area (Å²) in [4.78, 5) is 34.3. The van der Waals surface area contributed by atoms with Gasteiger partial charge in [0.15, 0.2) is 0 Å². The van der Waals surface area contributed by atoms with E-state index in [9.17, 15) is 9.59 Å². The molecule has 0 saturated carbocycles. The average molecular weight is 375 g/mol. The number of fused-ring (bicyclic) bond motifs is 1. The number of aromatic nitrogens is 2. The number of carbonyl (C=O) groups excluding carboxylic acids is 1. The maximum absolute atomic E-state index is 12.9. The van der Waals surface area contributed by atoms with Crippen LogP contribution in [0.3, 0.4) is 0 Å². The summed E-state index contributed by atoms with van der Waals surface area (Å²) in [6, 6.07) is 15.2. The summed E-state index contributed by atoms with van der Waals surface area (Å²) >= 11 is 0. The van der Waals surface area contributed by atoms with Crippen LogP contribution in [0.2, 0.25) is 0 Å². The standard InChI is InChI=1S/C21H21N5O2/c1-3-18(19-24-17-11-6-5-10-16(17)20(27)25-19)26(4-2)21(28)23-15-9-7-8-14(12-15)13-22/h5-12,18H,3-4H2,1-2H3,(H,23,28)(H,24,25,27). The number of carbonyl (C=O) groups is 1. The molecule has 3 aromatic rings. The quantitative estimate of drug-likeness (QED) is 0.708. The first kappa shape index (κ1) is 19.1. The maximum Gasteiger partial charge on any atom is 0.322 e. The molecule has 2 N–H and O–H groups in total. The summed E-state index contributed by atoms with van der Waals surface area (Å²) in [5, 5.41) is 12.4. The Bertz CT molecular complexity index is 1100. The number of H-pyrrole nitrogens is 1. The monoisotopic (exact) mass is 375 g/mol. The third-order valence-corrected chi connectivity index (χ3v) is 4.55. The highest BCUT2D eigenvalue weighted by atomic mass is 16.2. The molecule has 28 heavy (non-hydrogen) atoms. The van der Waals surface area contributed by atoms with Crippen LogP contribution < -0.4 is 10.9 Å². The van der Waals surface area contributed by atoms with Crippen molar-refractivity contribution in [2.24, 2.45) is 0 Å². The minimum absolute atomic E-state index is 0.225. The van der Waals surface area contributed by atoms with E-state index in [0.29, 0.717) is 40.9 Å². The van der Waals surface area contributed by atoms with Crippen molar-refractivity contribution in [3.8, 4) is 6.07 Å². The number of aromatic amines is 1. The van der Waals surface area contributed by atoms with Crippen molar-refractivity contribution in [1.29, 1.82) is 5.26 Å². The number of amides is 2. The van der Waals surface area contributed by atoms with E-state index < -0.39 is 0 Å². The summed E-state index contributed by atoms with van der Waals surface area (Å²) in [6.07, 6.45) is 0.584. The molecule has 0 fully saturated rings. The highest BCUT2D eigenvalue weighted by Gasteiger charge is 2.25. The second-order valence-electron chi connectivity index (χ2n) is 6.30. The van der Waals surface area contributed by atoms with Crippen LogP contribution >= 0.6 is 0 Å². The van der Waals surface area contributed by atoms with Gasteiger partial charge in [-0.3, -0.25) is 4.79 Å². The molecule has 7 heteroatoms. The van der Waals surface area contributed by atoms with Crippen molar-refractivity contribution in [1.82, 2.24) is 14.9 Å². The summed E-state index contributed by atoms with van der Waals surface area (Å²) in [5.74, 6) is 0.453. The third kappa shape index (κ3) is 3.86. The highest BCUT2D eigenvalue weighted by molar-refractivity contribution is 5.89. The molecule has 0 aliphatic carbocycles. The van der Waals surface area contributed by atoms with Crippen LogP contribution in [0.4, 0.5) is 10.5 Å². The first-order valence-electron chi connectivity index (χ1n) is 9.14. The first-order chi connectivity index (χ1) is 13.6. The number of hydrogen-bond donors (Lipinski definition) is 2. The summed E-state index contributed by atoms with van der Waals surface area (Å²) in [5.41, 5.74) is 1.38. The van der Waals surface area contributed by atoms with Gasteiger partial charge in [-0.25, -0.2) is 9.78 Å². The van der Waals surface area contributed by atoms with E-state index >= 15 is 0 Å². The summed E-state index contributed by atoms with van der Waals surface area (Å²) < 4.78 is 0. The van der Waals surface area contributed by atoms with E-state index in [1.807, 2.05) is 19.9 Å². The van der Waals surface area contributed by atoms with Crippen LogP contribution in [0.15, 0.2) is 53.3 Å². The average Bonchev–Trinajstić information content (AvgIpc) is 2.71. The van der Waals surface area contributed by atoms with Gasteiger partial charge in [0.1, 0.15) is 5.82 Å². The van der Waals surface area contributed by atoms with Gasteiger partial charge in [-0.05, 0) is 43.7 Å². The van der Waals surface area contributed by atoms with Gasteiger partial charge in [-0.15, -0.1) is 0 Å². The van der Waals surface area contributed by atoms with E-state index in [-0.39, 0.29) is 17.6 Å². The molecule has 0 radical (unpaired) electrons. The normalized spacial score (nSPS) is 11.6. The Morgan fingerprint density at radius 3 is 2.75 bits per heavy atom. The first-order valence-corrected chi connectivity index (χ1v) is 9.14. The zero-order chi connectivity index (χ0) is 20.1. The maximum atomic E-state index is 12.9. The van der Waals surface area contributed by atoms with Gasteiger partial charge in [0.2, 0.25) is 0 Å². The Morgan fingerprint density at radius 2 is 2.04 bits per heavy atom. The lowest BCUT2D eigenvalue weighted by Gasteiger charge is -2.29. The summed E-state index contributed by atoms with van der Waals surface area (Å²) in [6.45, 7) is 4.23. The van der Waals surface area contributed by atoms with Crippen molar-refractivity contribution in [3.63, 3.8) is 0 Å². The van der Waals surface area contributed by atoms with Crippen LogP contribution in [0, 0.1) is 11.3 Å². The van der Waals surface area contributed by atoms with E-state index in [4.69, 9.17) is 5.26 Å². The molecule has 2 amide bonds. The van der Waals surface area contributed by atoms with E-state index in [1.165, 1.54) is 0 Å². The zero-order valence-corrected chi connectivity index (χ0v) is 15.8. The number of urea groups is 1. The van der Waals surface area contributed by atoms with Gasteiger partial charge >= 0.3 is 6.03 Å². The molecule has 1 heterocycles. The molecule has 7 nitrogen and oxygen atoms in total. The molecule has 0 aliphatic heterocycles. The molecular weight excluding hydrogens is 354 g/mol. The Morgan fingerprint density at radius 1 is 1.25 bits per heavy atom. The van der Waals surface area contributed by atoms with Gasteiger partial charge in [0.25, 0.3) is 5.56 Å². The number of rotatable bonds is 5. The number of nitrogens with one attached hydrogen (secondary N) is 2. The lowest BCUT2D eigenvalue weighted by Crippen LogP contribution is -2.39. The number of anilines is 1. The minimum atomic E-state index is -0.388. The molecule has 142 valence electrons. The third-order valence-electron chi connectivity index (χ3n) is 4.55. The van der Waals surface area contributed by atoms with E-state index in [1.54, 1.807) is 47.4 Å². The number of hydrogen-bond acceptors (Lipinski definition) is 4. The van der Waals surface area contributed by atoms with E-state index in [2.05, 4.69) is 21.4 Å². The van der Waals surface area contributed by atoms with Crippen LogP contribution in [-0.4, -0.2) is 27.4 Å². The Labute approximate surface area is 162 Å². The fourth-order valence-electron chi connectivity index (χ4n) is 3.19. The number of benzene rings is 2. The van der Waals surface area contributed by atoms with E-state index in [0.717, 1.165) is 0 Å². The molecule has 0 spiro atoms. The van der Waals surface area contributed by atoms with Crippen molar-refractivity contribution in [3.05, 3.63) is 70.3 Å². The van der Waals surface area contributed by atoms with Gasteiger partial charge < -0.3 is 15.2 Å². The summed E-state index contributed by atoms with van der Waals surface area (Å²) in [7, 11) is 0.